The molecular formula is C25H27NO. The molecule has 1 fully saturated rings. The van der Waals surface area contributed by atoms with Crippen LogP contribution in [0.4, 0.5) is 0 Å². The first-order valence-electron chi connectivity index (χ1n) is 9.81. The summed E-state index contributed by atoms with van der Waals surface area (Å²) in [7, 11) is 0. The zero-order chi connectivity index (χ0) is 18.5. The van der Waals surface area contributed by atoms with Gasteiger partial charge in [0.05, 0.1) is 0 Å². The third-order valence-corrected chi connectivity index (χ3v) is 5.71. The van der Waals surface area contributed by atoms with Gasteiger partial charge in [-0.05, 0) is 66.7 Å². The number of hydrogen-bond donors (Lipinski definition) is 0. The van der Waals surface area contributed by atoms with E-state index in [2.05, 4.69) is 60.4 Å². The molecule has 1 aliphatic heterocycles. The summed E-state index contributed by atoms with van der Waals surface area (Å²) in [5.41, 5.74) is 3.09. The molecule has 0 saturated carbocycles. The van der Waals surface area contributed by atoms with E-state index in [0.29, 0.717) is 5.41 Å². The number of hydrogen-bond acceptors (Lipinski definition) is 2. The smallest absolute Gasteiger partial charge is 0.127 e. The molecule has 1 heterocycles. The zero-order valence-electron chi connectivity index (χ0n) is 16.0. The van der Waals surface area contributed by atoms with Crippen LogP contribution in [0.1, 0.15) is 30.9 Å². The van der Waals surface area contributed by atoms with Gasteiger partial charge in [-0.25, -0.2) is 0 Å². The highest BCUT2D eigenvalue weighted by molar-refractivity contribution is 5.34. The van der Waals surface area contributed by atoms with Crippen LogP contribution < -0.4 is 4.74 Å². The second kappa shape index (κ2) is 7.98. The summed E-state index contributed by atoms with van der Waals surface area (Å²) in [5.74, 6) is 1.79. The molecule has 2 heteroatoms. The normalized spacial score (nSPS) is 16.8. The van der Waals surface area contributed by atoms with Crippen molar-refractivity contribution >= 4 is 0 Å². The van der Waals surface area contributed by atoms with E-state index in [0.717, 1.165) is 31.1 Å². The Bertz CT molecular complexity index is 852. The molecule has 4 rings (SSSR count). The Hall–Kier alpha value is -2.58. The number of para-hydroxylation sites is 1. The van der Waals surface area contributed by atoms with Crippen LogP contribution in [0.2, 0.25) is 0 Å². The summed E-state index contributed by atoms with van der Waals surface area (Å²) < 4.78 is 5.98. The van der Waals surface area contributed by atoms with E-state index in [9.17, 15) is 0 Å². The fourth-order valence-corrected chi connectivity index (χ4v) is 3.92. The zero-order valence-corrected chi connectivity index (χ0v) is 16.0. The largest absolute Gasteiger partial charge is 0.457 e. The predicted octanol–water partition coefficient (Wildman–Crippen LogP) is 6.03. The summed E-state index contributed by atoms with van der Waals surface area (Å²) >= 11 is 0. The first-order chi connectivity index (χ1) is 13.2. The van der Waals surface area contributed by atoms with Crippen LogP contribution in [0.25, 0.3) is 0 Å². The lowest BCUT2D eigenvalue weighted by Crippen LogP contribution is -2.40. The summed E-state index contributed by atoms with van der Waals surface area (Å²) in [5, 5.41) is 0. The molecule has 0 aromatic heterocycles. The van der Waals surface area contributed by atoms with E-state index < -0.39 is 0 Å². The maximum absolute atomic E-state index is 5.98. The predicted molar refractivity (Wildman–Crippen MR) is 111 cm³/mol. The molecule has 0 atom stereocenters. The molecule has 1 aliphatic rings. The molecule has 0 aliphatic carbocycles. The summed E-state index contributed by atoms with van der Waals surface area (Å²) in [6.45, 7) is 5.66. The maximum atomic E-state index is 5.98. The van der Waals surface area contributed by atoms with E-state index in [4.69, 9.17) is 4.74 Å². The quantitative estimate of drug-likeness (QED) is 0.552. The van der Waals surface area contributed by atoms with Gasteiger partial charge in [0.25, 0.3) is 0 Å². The lowest BCUT2D eigenvalue weighted by atomic mass is 9.74. The molecule has 2 nitrogen and oxygen atoms in total. The third kappa shape index (κ3) is 4.40. The van der Waals surface area contributed by atoms with Gasteiger partial charge in [-0.15, -0.1) is 0 Å². The Kier molecular flexibility index (Phi) is 5.26. The van der Waals surface area contributed by atoms with Crippen molar-refractivity contribution in [1.29, 1.82) is 0 Å². The molecule has 0 spiro atoms. The minimum atomic E-state index is 0.302. The van der Waals surface area contributed by atoms with E-state index >= 15 is 0 Å². The van der Waals surface area contributed by atoms with Gasteiger partial charge in [0.15, 0.2) is 0 Å². The van der Waals surface area contributed by atoms with Crippen molar-refractivity contribution in [3.63, 3.8) is 0 Å². The number of likely N-dealkylation sites (tertiary alicyclic amines) is 1. The van der Waals surface area contributed by atoms with Gasteiger partial charge in [0.2, 0.25) is 0 Å². The average molecular weight is 357 g/mol. The SMILES string of the molecule is CC1(c2ccccc2)CCN(Cc2cccc(Oc3ccccc3)c2)CC1. The Morgan fingerprint density at radius 2 is 1.41 bits per heavy atom. The molecule has 0 radical (unpaired) electrons. The van der Waals surface area contributed by atoms with Gasteiger partial charge >= 0.3 is 0 Å². The van der Waals surface area contributed by atoms with Crippen molar-refractivity contribution in [3.05, 3.63) is 96.1 Å². The third-order valence-electron chi connectivity index (χ3n) is 5.71. The van der Waals surface area contributed by atoms with E-state index in [1.165, 1.54) is 24.0 Å². The van der Waals surface area contributed by atoms with E-state index in [1.54, 1.807) is 0 Å². The second-order valence-electron chi connectivity index (χ2n) is 7.77. The van der Waals surface area contributed by atoms with Crippen LogP contribution in [0.15, 0.2) is 84.9 Å². The molecular weight excluding hydrogens is 330 g/mol. The summed E-state index contributed by atoms with van der Waals surface area (Å²) in [4.78, 5) is 2.56. The highest BCUT2D eigenvalue weighted by Crippen LogP contribution is 2.35. The van der Waals surface area contributed by atoms with Crippen LogP contribution in [0, 0.1) is 0 Å². The van der Waals surface area contributed by atoms with Crippen molar-refractivity contribution < 1.29 is 4.74 Å². The fourth-order valence-electron chi connectivity index (χ4n) is 3.92. The summed E-state index contributed by atoms with van der Waals surface area (Å²) in [6.07, 6.45) is 2.41. The van der Waals surface area contributed by atoms with Crippen molar-refractivity contribution in [2.24, 2.45) is 0 Å². The van der Waals surface area contributed by atoms with Crippen LogP contribution in [0.5, 0.6) is 11.5 Å². The van der Waals surface area contributed by atoms with Crippen molar-refractivity contribution in [3.8, 4) is 11.5 Å². The molecule has 138 valence electrons. The highest BCUT2D eigenvalue weighted by atomic mass is 16.5. The van der Waals surface area contributed by atoms with Gasteiger partial charge in [-0.2, -0.15) is 0 Å². The van der Waals surface area contributed by atoms with E-state index in [-0.39, 0.29) is 0 Å². The van der Waals surface area contributed by atoms with E-state index in [1.807, 2.05) is 36.4 Å². The first kappa shape index (κ1) is 17.8. The number of ether oxygens (including phenoxy) is 1. The van der Waals surface area contributed by atoms with Crippen molar-refractivity contribution in [2.75, 3.05) is 13.1 Å². The van der Waals surface area contributed by atoms with Crippen LogP contribution in [0.3, 0.4) is 0 Å². The Morgan fingerprint density at radius 3 is 2.11 bits per heavy atom. The molecule has 1 saturated heterocycles. The van der Waals surface area contributed by atoms with Gasteiger partial charge in [0, 0.05) is 6.54 Å². The first-order valence-corrected chi connectivity index (χ1v) is 9.81. The monoisotopic (exact) mass is 357 g/mol. The summed E-state index contributed by atoms with van der Waals surface area (Å²) in [6, 6.07) is 29.4. The maximum Gasteiger partial charge on any atom is 0.127 e. The Balaban J connectivity index is 1.37. The average Bonchev–Trinajstić information content (AvgIpc) is 2.72. The molecule has 3 aromatic rings. The van der Waals surface area contributed by atoms with Gasteiger partial charge in [-0.3, -0.25) is 4.90 Å². The molecule has 3 aromatic carbocycles. The minimum absolute atomic E-state index is 0.302. The number of piperidine rings is 1. The van der Waals surface area contributed by atoms with Gasteiger partial charge in [0.1, 0.15) is 11.5 Å². The van der Waals surface area contributed by atoms with Crippen LogP contribution >= 0.6 is 0 Å². The topological polar surface area (TPSA) is 12.5 Å². The Labute approximate surface area is 162 Å². The standard InChI is InChI=1S/C25H27NO/c1-25(22-10-4-2-5-11-22)15-17-26(18-16-25)20-21-9-8-14-24(19-21)27-23-12-6-3-7-13-23/h2-14,19H,15-18,20H2,1H3. The van der Waals surface area contributed by atoms with Crippen LogP contribution in [-0.4, -0.2) is 18.0 Å². The lowest BCUT2D eigenvalue weighted by Gasteiger charge is -2.40. The van der Waals surface area contributed by atoms with Crippen molar-refractivity contribution in [1.82, 2.24) is 4.90 Å². The number of nitrogens with zero attached hydrogens (tertiary/aromatic N) is 1. The molecule has 0 unspecified atom stereocenters. The Morgan fingerprint density at radius 1 is 0.778 bits per heavy atom. The molecule has 0 amide bonds. The molecule has 0 bridgehead atoms. The molecule has 0 N–H and O–H groups in total. The fraction of sp³-hybridized carbons (Fsp3) is 0.280. The molecule has 27 heavy (non-hydrogen) atoms. The second-order valence-corrected chi connectivity index (χ2v) is 7.77. The number of rotatable bonds is 5. The number of benzene rings is 3. The van der Waals surface area contributed by atoms with Gasteiger partial charge < -0.3 is 4.74 Å². The lowest BCUT2D eigenvalue weighted by molar-refractivity contribution is 0.162. The van der Waals surface area contributed by atoms with Gasteiger partial charge in [-0.1, -0.05) is 67.6 Å². The minimum Gasteiger partial charge on any atom is -0.457 e. The van der Waals surface area contributed by atoms with Crippen molar-refractivity contribution in [2.45, 2.75) is 31.7 Å². The van der Waals surface area contributed by atoms with Crippen LogP contribution in [-0.2, 0) is 12.0 Å². The highest BCUT2D eigenvalue weighted by Gasteiger charge is 2.31.